The molecule has 2 N–H and O–H groups in total. The van der Waals surface area contributed by atoms with E-state index in [9.17, 15) is 18.0 Å². The van der Waals surface area contributed by atoms with Crippen LogP contribution < -0.4 is 9.62 Å². The monoisotopic (exact) mass is 560 g/mol. The highest BCUT2D eigenvalue weighted by molar-refractivity contribution is 7.93. The molecule has 0 saturated heterocycles. The fourth-order valence-electron chi connectivity index (χ4n) is 4.71. The van der Waals surface area contributed by atoms with Crippen molar-refractivity contribution in [2.24, 2.45) is 0 Å². The molecule has 1 amide bonds. The van der Waals surface area contributed by atoms with E-state index in [-0.39, 0.29) is 24.3 Å². The molecule has 5 rings (SSSR count). The molecule has 1 heterocycles. The highest BCUT2D eigenvalue weighted by Gasteiger charge is 2.42. The number of para-hydroxylation sites is 1. The van der Waals surface area contributed by atoms with Gasteiger partial charge in [-0.25, -0.2) is 8.42 Å². The molecule has 7 nitrogen and oxygen atoms in total. The first kappa shape index (κ1) is 26.5. The number of rotatable bonds is 8. The highest BCUT2D eigenvalue weighted by atomic mass is 35.5. The zero-order valence-electron chi connectivity index (χ0n) is 20.7. The third kappa shape index (κ3) is 5.67. The number of carboxylic acid groups (broad SMARTS) is 1. The molecule has 0 saturated carbocycles. The van der Waals surface area contributed by atoms with Gasteiger partial charge < -0.3 is 10.4 Å². The summed E-state index contributed by atoms with van der Waals surface area (Å²) < 4.78 is 29.0. The number of hydrogen-bond acceptors (Lipinski definition) is 4. The SMILES string of the molecule is O=C(O)Cc1ccc(CNC(=O)[C@@H]2Cc3ccccc3N2S(=O)(=O)c2ccc(-c3cccc(Cl)c3)cc2)cc1. The van der Waals surface area contributed by atoms with Crippen molar-refractivity contribution in [1.29, 1.82) is 0 Å². The number of carbonyl (C=O) groups is 2. The molecule has 0 fully saturated rings. The summed E-state index contributed by atoms with van der Waals surface area (Å²) >= 11 is 6.11. The molecular formula is C30H25ClN2O5S. The van der Waals surface area contributed by atoms with Crippen LogP contribution in [0.25, 0.3) is 11.1 Å². The maximum absolute atomic E-state index is 13.9. The standard InChI is InChI=1S/C30H25ClN2O5S/c31-25-6-3-5-23(17-25)22-12-14-26(15-13-22)39(37,38)33-27-7-2-1-4-24(27)18-28(33)30(36)32-19-21-10-8-20(9-11-21)16-29(34)35/h1-15,17,28H,16,18-19H2,(H,32,36)(H,34,35)/t28-/m0/s1. The minimum absolute atomic E-state index is 0.0804. The first-order valence-electron chi connectivity index (χ1n) is 12.3. The molecule has 4 aromatic rings. The number of amides is 1. The van der Waals surface area contributed by atoms with Gasteiger partial charge in [-0.05, 0) is 58.1 Å². The number of benzene rings is 4. The molecule has 0 bridgehead atoms. The topological polar surface area (TPSA) is 104 Å². The molecule has 1 atom stereocenters. The van der Waals surface area contributed by atoms with Gasteiger partial charge in [-0.2, -0.15) is 0 Å². The van der Waals surface area contributed by atoms with E-state index in [0.29, 0.717) is 16.3 Å². The van der Waals surface area contributed by atoms with Crippen LogP contribution in [-0.4, -0.2) is 31.4 Å². The minimum Gasteiger partial charge on any atom is -0.481 e. The van der Waals surface area contributed by atoms with Crippen LogP contribution in [0, 0.1) is 0 Å². The third-order valence-electron chi connectivity index (χ3n) is 6.64. The van der Waals surface area contributed by atoms with Crippen LogP contribution >= 0.6 is 11.6 Å². The second-order valence-corrected chi connectivity index (χ2v) is 11.5. The number of nitrogens with zero attached hydrogens (tertiary/aromatic N) is 1. The average molecular weight is 561 g/mol. The van der Waals surface area contributed by atoms with Crippen molar-refractivity contribution >= 4 is 39.2 Å². The van der Waals surface area contributed by atoms with Crippen LogP contribution in [-0.2, 0) is 39.0 Å². The van der Waals surface area contributed by atoms with Crippen LogP contribution in [0.1, 0.15) is 16.7 Å². The van der Waals surface area contributed by atoms with Crippen molar-refractivity contribution in [3.8, 4) is 11.1 Å². The molecular weight excluding hydrogens is 536 g/mol. The molecule has 0 unspecified atom stereocenters. The van der Waals surface area contributed by atoms with Gasteiger partial charge in [0.25, 0.3) is 10.0 Å². The van der Waals surface area contributed by atoms with Crippen LogP contribution in [0.2, 0.25) is 5.02 Å². The molecule has 4 aromatic carbocycles. The molecule has 39 heavy (non-hydrogen) atoms. The first-order valence-corrected chi connectivity index (χ1v) is 14.1. The highest BCUT2D eigenvalue weighted by Crippen LogP contribution is 2.37. The van der Waals surface area contributed by atoms with Gasteiger partial charge in [-0.15, -0.1) is 0 Å². The summed E-state index contributed by atoms with van der Waals surface area (Å²) in [7, 11) is -4.06. The summed E-state index contributed by atoms with van der Waals surface area (Å²) in [6.45, 7) is 0.182. The van der Waals surface area contributed by atoms with E-state index >= 15 is 0 Å². The summed E-state index contributed by atoms with van der Waals surface area (Å²) in [6, 6.07) is 26.9. The number of sulfonamides is 1. The Hall–Kier alpha value is -4.14. The fraction of sp³-hybridized carbons (Fsp3) is 0.133. The number of nitrogens with one attached hydrogen (secondary N) is 1. The van der Waals surface area contributed by atoms with Crippen LogP contribution in [0.3, 0.4) is 0 Å². The van der Waals surface area contributed by atoms with E-state index in [1.807, 2.05) is 30.3 Å². The van der Waals surface area contributed by atoms with Gasteiger partial charge in [0.15, 0.2) is 0 Å². The zero-order chi connectivity index (χ0) is 27.6. The average Bonchev–Trinajstić information content (AvgIpc) is 3.33. The van der Waals surface area contributed by atoms with Gasteiger partial charge in [-0.3, -0.25) is 13.9 Å². The molecule has 1 aliphatic heterocycles. The van der Waals surface area contributed by atoms with Gasteiger partial charge >= 0.3 is 5.97 Å². The predicted molar refractivity (Wildman–Crippen MR) is 150 cm³/mol. The van der Waals surface area contributed by atoms with E-state index in [2.05, 4.69) is 5.32 Å². The second kappa shape index (κ2) is 10.9. The van der Waals surface area contributed by atoms with Crippen LogP contribution in [0.5, 0.6) is 0 Å². The molecule has 0 aliphatic carbocycles. The summed E-state index contributed by atoms with van der Waals surface area (Å²) in [6.07, 6.45) is 0.166. The summed E-state index contributed by atoms with van der Waals surface area (Å²) in [5.41, 5.74) is 4.37. The Morgan fingerprint density at radius 3 is 2.26 bits per heavy atom. The van der Waals surface area contributed by atoms with Crippen molar-refractivity contribution in [3.63, 3.8) is 0 Å². The largest absolute Gasteiger partial charge is 0.481 e. The Morgan fingerprint density at radius 2 is 1.56 bits per heavy atom. The molecule has 9 heteroatoms. The number of hydrogen-bond donors (Lipinski definition) is 2. The van der Waals surface area contributed by atoms with Gasteiger partial charge in [0.05, 0.1) is 17.0 Å². The predicted octanol–water partition coefficient (Wildman–Crippen LogP) is 5.07. The van der Waals surface area contributed by atoms with Crippen molar-refractivity contribution in [1.82, 2.24) is 5.32 Å². The number of halogens is 1. The Balaban J connectivity index is 1.38. The number of carboxylic acids is 1. The quantitative estimate of drug-likeness (QED) is 0.313. The van der Waals surface area contributed by atoms with Crippen molar-refractivity contribution in [2.45, 2.75) is 30.3 Å². The zero-order valence-corrected chi connectivity index (χ0v) is 22.3. The van der Waals surface area contributed by atoms with E-state index in [1.54, 1.807) is 66.7 Å². The van der Waals surface area contributed by atoms with Gasteiger partial charge in [0.1, 0.15) is 6.04 Å². The number of carbonyl (C=O) groups excluding carboxylic acids is 1. The smallest absolute Gasteiger partial charge is 0.307 e. The van der Waals surface area contributed by atoms with Crippen molar-refractivity contribution < 1.29 is 23.1 Å². The third-order valence-corrected chi connectivity index (χ3v) is 8.71. The lowest BCUT2D eigenvalue weighted by atomic mass is 10.1. The molecule has 0 spiro atoms. The summed E-state index contributed by atoms with van der Waals surface area (Å²) in [5, 5.41) is 12.4. The molecule has 0 radical (unpaired) electrons. The Kier molecular flexibility index (Phi) is 7.41. The molecule has 0 aromatic heterocycles. The lowest BCUT2D eigenvalue weighted by Crippen LogP contribution is -2.47. The minimum atomic E-state index is -4.06. The van der Waals surface area contributed by atoms with Crippen molar-refractivity contribution in [2.75, 3.05) is 4.31 Å². The summed E-state index contributed by atoms with van der Waals surface area (Å²) in [4.78, 5) is 24.3. The number of aliphatic carboxylic acids is 1. The maximum Gasteiger partial charge on any atom is 0.307 e. The summed E-state index contributed by atoms with van der Waals surface area (Å²) in [5.74, 6) is -1.34. The number of anilines is 1. The van der Waals surface area contributed by atoms with Gasteiger partial charge in [0.2, 0.25) is 5.91 Å². The molecule has 1 aliphatic rings. The van der Waals surface area contributed by atoms with Gasteiger partial charge in [0, 0.05) is 18.0 Å². The second-order valence-electron chi connectivity index (χ2n) is 9.29. The lowest BCUT2D eigenvalue weighted by molar-refractivity contribution is -0.136. The fourth-order valence-corrected chi connectivity index (χ4v) is 6.55. The Labute approximate surface area is 231 Å². The van der Waals surface area contributed by atoms with Crippen LogP contribution in [0.4, 0.5) is 5.69 Å². The van der Waals surface area contributed by atoms with Crippen LogP contribution in [0.15, 0.2) is 102 Å². The van der Waals surface area contributed by atoms with Crippen molar-refractivity contribution in [3.05, 3.63) is 119 Å². The van der Waals surface area contributed by atoms with E-state index in [1.165, 1.54) is 4.31 Å². The first-order chi connectivity index (χ1) is 18.7. The molecule has 198 valence electrons. The van der Waals surface area contributed by atoms with Gasteiger partial charge in [-0.1, -0.05) is 78.3 Å². The Morgan fingerprint density at radius 1 is 0.872 bits per heavy atom. The Bertz CT molecular complexity index is 1640. The van der Waals surface area contributed by atoms with E-state index in [4.69, 9.17) is 16.7 Å². The van der Waals surface area contributed by atoms with E-state index < -0.39 is 27.9 Å². The normalized spacial score (nSPS) is 14.6. The lowest BCUT2D eigenvalue weighted by Gasteiger charge is -2.26. The number of fused-ring (bicyclic) bond motifs is 1. The van der Waals surface area contributed by atoms with E-state index in [0.717, 1.165) is 22.3 Å². The maximum atomic E-state index is 13.9.